The average molecular weight is 380 g/mol. The second kappa shape index (κ2) is 18.6. The number of phosphoric ester groups is 1. The first-order chi connectivity index (χ1) is 11.9. The highest BCUT2D eigenvalue weighted by atomic mass is 31.2. The molecule has 0 heterocycles. The number of hydrogen-bond donors (Lipinski definition) is 2. The molecule has 6 heteroatoms. The van der Waals surface area contributed by atoms with Crippen LogP contribution in [-0.4, -0.2) is 24.7 Å². The van der Waals surface area contributed by atoms with Crippen LogP contribution in [0.5, 0.6) is 0 Å². The average Bonchev–Trinajstić information content (AvgIpc) is 2.62. The standard InChI is InChI=1S/C16H35O4P.C3H7N/c1-5-9-11-15(7-3)13-19-21(17,18)20-14-16(8-4)12-10-6-2;1-2-3-4/h15-16H,5-14H2,1-4H3,(H,17,18);2H,1,3-4H2. The van der Waals surface area contributed by atoms with Gasteiger partial charge in [-0.1, -0.05) is 72.3 Å². The van der Waals surface area contributed by atoms with E-state index in [9.17, 15) is 9.46 Å². The molecular weight excluding hydrogens is 337 g/mol. The monoisotopic (exact) mass is 379 g/mol. The van der Waals surface area contributed by atoms with Gasteiger partial charge in [0.2, 0.25) is 0 Å². The first kappa shape index (κ1) is 27.0. The van der Waals surface area contributed by atoms with Gasteiger partial charge in [-0.3, -0.25) is 9.05 Å². The quantitative estimate of drug-likeness (QED) is 0.282. The minimum atomic E-state index is -3.89. The smallest absolute Gasteiger partial charge is 0.327 e. The highest BCUT2D eigenvalue weighted by molar-refractivity contribution is 7.47. The van der Waals surface area contributed by atoms with Gasteiger partial charge in [0.25, 0.3) is 0 Å². The number of rotatable bonds is 15. The summed E-state index contributed by atoms with van der Waals surface area (Å²) in [5, 5.41) is 0. The lowest BCUT2D eigenvalue weighted by Crippen LogP contribution is -2.12. The molecule has 0 spiro atoms. The van der Waals surface area contributed by atoms with Crippen LogP contribution in [0.25, 0.3) is 0 Å². The first-order valence-corrected chi connectivity index (χ1v) is 11.3. The van der Waals surface area contributed by atoms with Crippen molar-refractivity contribution in [2.75, 3.05) is 19.8 Å². The molecule has 0 aliphatic rings. The van der Waals surface area contributed by atoms with Gasteiger partial charge >= 0.3 is 7.82 Å². The molecule has 2 unspecified atom stereocenters. The summed E-state index contributed by atoms with van der Waals surface area (Å²) in [4.78, 5) is 9.77. The molecule has 0 saturated carbocycles. The fourth-order valence-corrected chi connectivity index (χ4v) is 3.11. The predicted molar refractivity (Wildman–Crippen MR) is 108 cm³/mol. The number of hydrogen-bond acceptors (Lipinski definition) is 4. The molecule has 5 nitrogen and oxygen atoms in total. The van der Waals surface area contributed by atoms with Crippen molar-refractivity contribution in [1.82, 2.24) is 0 Å². The van der Waals surface area contributed by atoms with Gasteiger partial charge in [0.1, 0.15) is 0 Å². The van der Waals surface area contributed by atoms with Crippen LogP contribution in [0.1, 0.15) is 79.1 Å². The molecule has 0 fully saturated rings. The Kier molecular flexibility index (Phi) is 20.1. The van der Waals surface area contributed by atoms with E-state index in [1.165, 1.54) is 0 Å². The minimum absolute atomic E-state index is 0.316. The molecule has 0 aliphatic heterocycles. The van der Waals surface area contributed by atoms with Gasteiger partial charge in [-0.15, -0.1) is 6.58 Å². The van der Waals surface area contributed by atoms with Crippen molar-refractivity contribution < 1.29 is 18.5 Å². The summed E-state index contributed by atoms with van der Waals surface area (Å²) < 4.78 is 22.2. The Bertz CT molecular complexity index is 315. The molecule has 0 aromatic carbocycles. The lowest BCUT2D eigenvalue weighted by atomic mass is 10.0. The lowest BCUT2D eigenvalue weighted by molar-refractivity contribution is 0.110. The maximum absolute atomic E-state index is 11.9. The van der Waals surface area contributed by atoms with Crippen LogP contribution in [0.2, 0.25) is 0 Å². The molecule has 0 aromatic rings. The summed E-state index contributed by atoms with van der Waals surface area (Å²) >= 11 is 0. The van der Waals surface area contributed by atoms with Crippen LogP contribution in [0, 0.1) is 11.8 Å². The van der Waals surface area contributed by atoms with Crippen LogP contribution in [0.4, 0.5) is 0 Å². The van der Waals surface area contributed by atoms with E-state index in [0.717, 1.165) is 51.4 Å². The Morgan fingerprint density at radius 3 is 1.60 bits per heavy atom. The molecular formula is C19H42NO4P. The molecule has 0 radical (unpaired) electrons. The van der Waals surface area contributed by atoms with Crippen molar-refractivity contribution in [3.05, 3.63) is 12.7 Å². The molecule has 3 N–H and O–H groups in total. The molecule has 0 bridgehead atoms. The summed E-state index contributed by atoms with van der Waals surface area (Å²) in [7, 11) is -3.89. The molecule has 0 aromatic heterocycles. The SMILES string of the molecule is C=CCN.CCCCC(CC)COP(=O)(O)OCC(CC)CCCC. The van der Waals surface area contributed by atoms with Crippen molar-refractivity contribution in [3.8, 4) is 0 Å². The van der Waals surface area contributed by atoms with Crippen LogP contribution in [0.15, 0.2) is 12.7 Å². The van der Waals surface area contributed by atoms with Crippen LogP contribution < -0.4 is 5.73 Å². The van der Waals surface area contributed by atoms with E-state index in [4.69, 9.17) is 14.8 Å². The molecule has 0 amide bonds. The van der Waals surface area contributed by atoms with Crippen molar-refractivity contribution >= 4 is 7.82 Å². The Labute approximate surface area is 156 Å². The van der Waals surface area contributed by atoms with Gasteiger partial charge in [0.15, 0.2) is 0 Å². The van der Waals surface area contributed by atoms with E-state index in [-0.39, 0.29) is 0 Å². The van der Waals surface area contributed by atoms with Crippen molar-refractivity contribution in [1.29, 1.82) is 0 Å². The zero-order valence-electron chi connectivity index (χ0n) is 16.9. The van der Waals surface area contributed by atoms with Gasteiger partial charge in [-0.05, 0) is 24.7 Å². The Balaban J connectivity index is 0. The van der Waals surface area contributed by atoms with Gasteiger partial charge < -0.3 is 10.6 Å². The van der Waals surface area contributed by atoms with Gasteiger partial charge in [0, 0.05) is 6.54 Å². The van der Waals surface area contributed by atoms with E-state index in [1.54, 1.807) is 6.08 Å². The molecule has 0 saturated heterocycles. The van der Waals surface area contributed by atoms with Gasteiger partial charge in [-0.2, -0.15) is 0 Å². The number of unbranched alkanes of at least 4 members (excludes halogenated alkanes) is 2. The number of nitrogens with two attached hydrogens (primary N) is 1. The maximum atomic E-state index is 11.9. The Morgan fingerprint density at radius 2 is 1.36 bits per heavy atom. The molecule has 152 valence electrons. The highest BCUT2D eigenvalue weighted by Crippen LogP contribution is 2.44. The third kappa shape index (κ3) is 18.4. The minimum Gasteiger partial charge on any atom is -0.327 e. The summed E-state index contributed by atoms with van der Waals surface area (Å²) in [5.74, 6) is 0.687. The topological polar surface area (TPSA) is 81.8 Å². The second-order valence-corrected chi connectivity index (χ2v) is 7.87. The molecule has 25 heavy (non-hydrogen) atoms. The Morgan fingerprint density at radius 1 is 1.00 bits per heavy atom. The summed E-state index contributed by atoms with van der Waals surface area (Å²) in [5.41, 5.74) is 4.91. The van der Waals surface area contributed by atoms with Crippen molar-refractivity contribution in [2.45, 2.75) is 79.1 Å². The van der Waals surface area contributed by atoms with Crippen molar-refractivity contribution in [3.63, 3.8) is 0 Å². The van der Waals surface area contributed by atoms with E-state index >= 15 is 0 Å². The van der Waals surface area contributed by atoms with Crippen molar-refractivity contribution in [2.24, 2.45) is 17.6 Å². The molecule has 0 aliphatic carbocycles. The fourth-order valence-electron chi connectivity index (χ4n) is 2.23. The van der Waals surface area contributed by atoms with Gasteiger partial charge in [-0.25, -0.2) is 4.57 Å². The second-order valence-electron chi connectivity index (χ2n) is 6.42. The predicted octanol–water partition coefficient (Wildman–Crippen LogP) is 5.68. The summed E-state index contributed by atoms with van der Waals surface area (Å²) in [6.45, 7) is 13.0. The third-order valence-electron chi connectivity index (χ3n) is 4.20. The third-order valence-corrected chi connectivity index (χ3v) is 5.15. The maximum Gasteiger partial charge on any atom is 0.472 e. The fraction of sp³-hybridized carbons (Fsp3) is 0.895. The summed E-state index contributed by atoms with van der Waals surface area (Å²) in [6, 6.07) is 0. The van der Waals surface area contributed by atoms with E-state index in [2.05, 4.69) is 34.3 Å². The summed E-state index contributed by atoms with van der Waals surface area (Å²) in [6.07, 6.45) is 10.2. The normalized spacial score (nSPS) is 15.6. The first-order valence-electron chi connectivity index (χ1n) is 9.83. The van der Waals surface area contributed by atoms with Crippen LogP contribution in [0.3, 0.4) is 0 Å². The highest BCUT2D eigenvalue weighted by Gasteiger charge is 2.24. The van der Waals surface area contributed by atoms with E-state index in [0.29, 0.717) is 31.6 Å². The zero-order chi connectivity index (χ0) is 19.6. The van der Waals surface area contributed by atoms with E-state index in [1.807, 2.05) is 0 Å². The molecule has 0 rings (SSSR count). The zero-order valence-corrected chi connectivity index (χ0v) is 17.8. The lowest BCUT2D eigenvalue weighted by Gasteiger charge is -2.20. The van der Waals surface area contributed by atoms with Crippen LogP contribution >= 0.6 is 7.82 Å². The molecule has 2 atom stereocenters. The van der Waals surface area contributed by atoms with Gasteiger partial charge in [0.05, 0.1) is 13.2 Å². The number of phosphoric acid groups is 1. The van der Waals surface area contributed by atoms with E-state index < -0.39 is 7.82 Å². The largest absolute Gasteiger partial charge is 0.472 e. The van der Waals surface area contributed by atoms with Crippen LogP contribution in [-0.2, 0) is 13.6 Å². The Hall–Kier alpha value is -0.190.